The van der Waals surface area contributed by atoms with Crippen LogP contribution in [0.4, 0.5) is 11.6 Å². The molecule has 6 heteroatoms. The van der Waals surface area contributed by atoms with Crippen molar-refractivity contribution in [2.24, 2.45) is 0 Å². The van der Waals surface area contributed by atoms with Crippen molar-refractivity contribution in [3.63, 3.8) is 0 Å². The van der Waals surface area contributed by atoms with Crippen molar-refractivity contribution in [1.82, 2.24) is 19.9 Å². The van der Waals surface area contributed by atoms with Crippen LogP contribution < -0.4 is 10.1 Å². The monoisotopic (exact) mass is 363 g/mol. The summed E-state index contributed by atoms with van der Waals surface area (Å²) < 4.78 is 5.81. The van der Waals surface area contributed by atoms with Crippen LogP contribution in [0.1, 0.15) is 13.8 Å². The fraction of sp³-hybridized carbons (Fsp3) is 0.286. The zero-order valence-corrected chi connectivity index (χ0v) is 15.8. The third-order valence-electron chi connectivity index (χ3n) is 4.29. The van der Waals surface area contributed by atoms with E-state index in [0.717, 1.165) is 42.3 Å². The highest BCUT2D eigenvalue weighted by molar-refractivity contribution is 5.61. The van der Waals surface area contributed by atoms with Crippen molar-refractivity contribution in [3.05, 3.63) is 61.1 Å². The Balaban J connectivity index is 1.58. The van der Waals surface area contributed by atoms with Crippen molar-refractivity contribution in [2.75, 3.05) is 31.6 Å². The number of ether oxygens (including phenoxy) is 1. The topological polar surface area (TPSA) is 63.2 Å². The minimum absolute atomic E-state index is 0.548. The van der Waals surface area contributed by atoms with Gasteiger partial charge in [0.2, 0.25) is 5.95 Å². The molecule has 27 heavy (non-hydrogen) atoms. The zero-order valence-electron chi connectivity index (χ0n) is 15.8. The van der Waals surface area contributed by atoms with Crippen LogP contribution >= 0.6 is 0 Å². The normalized spacial score (nSPS) is 10.8. The van der Waals surface area contributed by atoms with E-state index >= 15 is 0 Å². The fourth-order valence-electron chi connectivity index (χ4n) is 2.69. The van der Waals surface area contributed by atoms with E-state index in [9.17, 15) is 0 Å². The molecule has 0 saturated carbocycles. The standard InChI is InChI=1S/C21H25N5O/c1-3-26(4-2)14-15-27-19-9-7-18(8-10-19)24-21-23-13-11-20(25-21)17-6-5-12-22-16-17/h5-13,16H,3-4,14-15H2,1-2H3,(H,23,24,25). The summed E-state index contributed by atoms with van der Waals surface area (Å²) in [6.07, 6.45) is 5.27. The van der Waals surface area contributed by atoms with E-state index in [1.807, 2.05) is 42.5 Å². The Labute approximate surface area is 160 Å². The first-order valence-electron chi connectivity index (χ1n) is 9.24. The van der Waals surface area contributed by atoms with Crippen molar-refractivity contribution < 1.29 is 4.74 Å². The maximum atomic E-state index is 5.81. The summed E-state index contributed by atoms with van der Waals surface area (Å²) in [7, 11) is 0. The van der Waals surface area contributed by atoms with Gasteiger partial charge in [-0.05, 0) is 55.6 Å². The van der Waals surface area contributed by atoms with Gasteiger partial charge >= 0.3 is 0 Å². The van der Waals surface area contributed by atoms with Crippen molar-refractivity contribution in [3.8, 4) is 17.0 Å². The highest BCUT2D eigenvalue weighted by Crippen LogP contribution is 2.20. The number of pyridine rings is 1. The number of hydrogen-bond acceptors (Lipinski definition) is 6. The maximum absolute atomic E-state index is 5.81. The third kappa shape index (κ3) is 5.49. The molecule has 140 valence electrons. The van der Waals surface area contributed by atoms with E-state index in [1.165, 1.54) is 0 Å². The van der Waals surface area contributed by atoms with E-state index in [4.69, 9.17) is 4.74 Å². The molecule has 3 rings (SSSR count). The third-order valence-corrected chi connectivity index (χ3v) is 4.29. The van der Waals surface area contributed by atoms with Gasteiger partial charge < -0.3 is 15.0 Å². The molecule has 0 radical (unpaired) electrons. The van der Waals surface area contributed by atoms with Gasteiger partial charge in [0, 0.05) is 36.4 Å². The van der Waals surface area contributed by atoms with Crippen LogP contribution in [0, 0.1) is 0 Å². The molecule has 6 nitrogen and oxygen atoms in total. The SMILES string of the molecule is CCN(CC)CCOc1ccc(Nc2nccc(-c3cccnc3)n2)cc1. The lowest BCUT2D eigenvalue weighted by molar-refractivity contribution is 0.223. The van der Waals surface area contributed by atoms with Crippen molar-refractivity contribution >= 4 is 11.6 Å². The van der Waals surface area contributed by atoms with Crippen LogP contribution in [0.2, 0.25) is 0 Å². The van der Waals surface area contributed by atoms with Crippen LogP contribution in [0.15, 0.2) is 61.1 Å². The number of anilines is 2. The van der Waals surface area contributed by atoms with Crippen molar-refractivity contribution in [1.29, 1.82) is 0 Å². The summed E-state index contributed by atoms with van der Waals surface area (Å²) in [6.45, 7) is 8.03. The van der Waals surface area contributed by atoms with E-state index in [0.29, 0.717) is 12.6 Å². The first-order chi connectivity index (χ1) is 13.3. The Hall–Kier alpha value is -2.99. The predicted molar refractivity (Wildman–Crippen MR) is 108 cm³/mol. The van der Waals surface area contributed by atoms with Crippen LogP contribution in [-0.2, 0) is 0 Å². The second-order valence-electron chi connectivity index (χ2n) is 6.03. The van der Waals surface area contributed by atoms with Gasteiger partial charge in [-0.1, -0.05) is 13.8 Å². The average molecular weight is 363 g/mol. The lowest BCUT2D eigenvalue weighted by Gasteiger charge is -2.18. The summed E-state index contributed by atoms with van der Waals surface area (Å²) in [6, 6.07) is 13.6. The first-order valence-corrected chi connectivity index (χ1v) is 9.24. The number of likely N-dealkylation sites (N-methyl/N-ethyl adjacent to an activating group) is 1. The van der Waals surface area contributed by atoms with Gasteiger partial charge in [-0.15, -0.1) is 0 Å². The van der Waals surface area contributed by atoms with Gasteiger partial charge in [-0.25, -0.2) is 9.97 Å². The van der Waals surface area contributed by atoms with Gasteiger partial charge in [0.25, 0.3) is 0 Å². The Morgan fingerprint density at radius 3 is 2.52 bits per heavy atom. The molecule has 0 spiro atoms. The number of nitrogens with zero attached hydrogens (tertiary/aromatic N) is 4. The first kappa shape index (κ1) is 18.8. The Bertz CT molecular complexity index is 819. The number of aromatic nitrogens is 3. The summed E-state index contributed by atoms with van der Waals surface area (Å²) >= 11 is 0. The quantitative estimate of drug-likeness (QED) is 0.620. The summed E-state index contributed by atoms with van der Waals surface area (Å²) in [5.41, 5.74) is 2.70. The molecule has 3 aromatic rings. The van der Waals surface area contributed by atoms with E-state index in [2.05, 4.69) is 39.0 Å². The minimum Gasteiger partial charge on any atom is -0.492 e. The molecule has 0 aliphatic rings. The van der Waals surface area contributed by atoms with Crippen LogP contribution in [-0.4, -0.2) is 46.1 Å². The van der Waals surface area contributed by atoms with Gasteiger partial charge in [0.1, 0.15) is 12.4 Å². The van der Waals surface area contributed by atoms with Crippen LogP contribution in [0.25, 0.3) is 11.3 Å². The Morgan fingerprint density at radius 1 is 1.00 bits per heavy atom. The molecule has 0 aliphatic heterocycles. The molecule has 0 aliphatic carbocycles. The fourth-order valence-corrected chi connectivity index (χ4v) is 2.69. The lowest BCUT2D eigenvalue weighted by Crippen LogP contribution is -2.27. The lowest BCUT2D eigenvalue weighted by atomic mass is 10.2. The van der Waals surface area contributed by atoms with E-state index < -0.39 is 0 Å². The van der Waals surface area contributed by atoms with Crippen LogP contribution in [0.3, 0.4) is 0 Å². The number of benzene rings is 1. The molecule has 0 fully saturated rings. The summed E-state index contributed by atoms with van der Waals surface area (Å²) in [5, 5.41) is 3.23. The van der Waals surface area contributed by atoms with E-state index in [-0.39, 0.29) is 0 Å². The maximum Gasteiger partial charge on any atom is 0.227 e. The zero-order chi connectivity index (χ0) is 18.9. The summed E-state index contributed by atoms with van der Waals surface area (Å²) in [5.74, 6) is 1.41. The highest BCUT2D eigenvalue weighted by atomic mass is 16.5. The average Bonchev–Trinajstić information content (AvgIpc) is 2.73. The number of hydrogen-bond donors (Lipinski definition) is 1. The van der Waals surface area contributed by atoms with Gasteiger partial charge in [-0.2, -0.15) is 0 Å². The van der Waals surface area contributed by atoms with Gasteiger partial charge in [0.05, 0.1) is 5.69 Å². The molecule has 0 bridgehead atoms. The molecular formula is C21H25N5O. The molecule has 0 amide bonds. The molecule has 0 saturated heterocycles. The Kier molecular flexibility index (Phi) is 6.71. The van der Waals surface area contributed by atoms with Crippen LogP contribution in [0.5, 0.6) is 5.75 Å². The molecule has 1 N–H and O–H groups in total. The minimum atomic E-state index is 0.548. The number of rotatable bonds is 9. The second kappa shape index (κ2) is 9.64. The molecule has 2 aromatic heterocycles. The molecule has 0 unspecified atom stereocenters. The molecule has 0 atom stereocenters. The second-order valence-corrected chi connectivity index (χ2v) is 6.03. The number of nitrogens with one attached hydrogen (secondary N) is 1. The summed E-state index contributed by atoms with van der Waals surface area (Å²) in [4.78, 5) is 15.3. The van der Waals surface area contributed by atoms with Gasteiger partial charge in [-0.3, -0.25) is 4.98 Å². The Morgan fingerprint density at radius 2 is 1.81 bits per heavy atom. The predicted octanol–water partition coefficient (Wildman–Crippen LogP) is 4.00. The molecule has 1 aromatic carbocycles. The molecular weight excluding hydrogens is 338 g/mol. The smallest absolute Gasteiger partial charge is 0.227 e. The van der Waals surface area contributed by atoms with E-state index in [1.54, 1.807) is 18.6 Å². The largest absolute Gasteiger partial charge is 0.492 e. The molecule has 2 heterocycles. The van der Waals surface area contributed by atoms with Crippen molar-refractivity contribution in [2.45, 2.75) is 13.8 Å². The van der Waals surface area contributed by atoms with Gasteiger partial charge in [0.15, 0.2) is 0 Å². The highest BCUT2D eigenvalue weighted by Gasteiger charge is 2.04.